The molecule has 0 fully saturated rings. The van der Waals surface area contributed by atoms with Crippen molar-refractivity contribution in [1.82, 2.24) is 14.6 Å². The summed E-state index contributed by atoms with van der Waals surface area (Å²) in [6.07, 6.45) is -1.19. The van der Waals surface area contributed by atoms with Crippen LogP contribution < -0.4 is 11.0 Å². The van der Waals surface area contributed by atoms with Gasteiger partial charge < -0.3 is 0 Å². The summed E-state index contributed by atoms with van der Waals surface area (Å²) >= 11 is 5.51. The van der Waals surface area contributed by atoms with Gasteiger partial charge in [0.1, 0.15) is 11.2 Å². The number of aromatic nitrogens is 3. The van der Waals surface area contributed by atoms with Crippen LogP contribution in [0.15, 0.2) is 52.7 Å². The standard InChI is InChI=1S/C16H12ClF3N4O3S/c17-4-6-28(26,27)14-8-21-5-3-13(14)23-24-9-22-12-2-1-10(16(18,19)20)7-11(12)15(24)25/h1-3,5,7-9H,4,6H2,(H,21,23). The van der Waals surface area contributed by atoms with Gasteiger partial charge in [-0.2, -0.15) is 13.2 Å². The van der Waals surface area contributed by atoms with Crippen LogP contribution in [-0.4, -0.2) is 34.7 Å². The molecule has 2 heterocycles. The highest BCUT2D eigenvalue weighted by atomic mass is 35.5. The van der Waals surface area contributed by atoms with Crippen molar-refractivity contribution in [1.29, 1.82) is 0 Å². The topological polar surface area (TPSA) is 93.9 Å². The van der Waals surface area contributed by atoms with E-state index in [1.807, 2.05) is 0 Å². The van der Waals surface area contributed by atoms with Gasteiger partial charge in [-0.05, 0) is 24.3 Å². The van der Waals surface area contributed by atoms with Gasteiger partial charge in [0.15, 0.2) is 9.84 Å². The highest BCUT2D eigenvalue weighted by Gasteiger charge is 2.31. The fraction of sp³-hybridized carbons (Fsp3) is 0.188. The third-order valence-corrected chi connectivity index (χ3v) is 5.94. The Morgan fingerprint density at radius 1 is 1.21 bits per heavy atom. The van der Waals surface area contributed by atoms with E-state index in [9.17, 15) is 26.4 Å². The Morgan fingerprint density at radius 2 is 1.96 bits per heavy atom. The fourth-order valence-corrected chi connectivity index (χ4v) is 4.14. The Kier molecular flexibility index (Phi) is 5.31. The first-order chi connectivity index (χ1) is 13.1. The summed E-state index contributed by atoms with van der Waals surface area (Å²) in [6, 6.07) is 3.92. The van der Waals surface area contributed by atoms with Gasteiger partial charge in [0.25, 0.3) is 5.56 Å². The smallest absolute Gasteiger partial charge is 0.289 e. The van der Waals surface area contributed by atoms with Gasteiger partial charge in [-0.1, -0.05) is 0 Å². The number of benzene rings is 1. The van der Waals surface area contributed by atoms with Gasteiger partial charge in [0.05, 0.1) is 27.9 Å². The molecule has 0 atom stereocenters. The molecule has 2 aromatic heterocycles. The van der Waals surface area contributed by atoms with Gasteiger partial charge in [0.2, 0.25) is 0 Å². The molecule has 0 aliphatic carbocycles. The molecule has 0 saturated heterocycles. The Labute approximate surface area is 161 Å². The monoisotopic (exact) mass is 432 g/mol. The molecule has 7 nitrogen and oxygen atoms in total. The van der Waals surface area contributed by atoms with Crippen LogP contribution in [0.3, 0.4) is 0 Å². The predicted octanol–water partition coefficient (Wildman–Crippen LogP) is 2.70. The predicted molar refractivity (Wildman–Crippen MR) is 97.0 cm³/mol. The molecule has 0 radical (unpaired) electrons. The minimum Gasteiger partial charge on any atom is -0.289 e. The molecule has 3 rings (SSSR count). The van der Waals surface area contributed by atoms with Gasteiger partial charge in [0, 0.05) is 18.3 Å². The van der Waals surface area contributed by atoms with Crippen LogP contribution in [0.25, 0.3) is 10.9 Å². The zero-order valence-corrected chi connectivity index (χ0v) is 15.5. The quantitative estimate of drug-likeness (QED) is 0.623. The number of hydrogen-bond acceptors (Lipinski definition) is 6. The number of fused-ring (bicyclic) bond motifs is 1. The first kappa shape index (κ1) is 20.1. The van der Waals surface area contributed by atoms with Crippen LogP contribution in [0.2, 0.25) is 0 Å². The van der Waals surface area contributed by atoms with E-state index in [0.29, 0.717) is 6.07 Å². The molecular weight excluding hydrogens is 421 g/mol. The minimum atomic E-state index is -4.62. The average Bonchev–Trinajstić information content (AvgIpc) is 2.63. The molecule has 1 N–H and O–H groups in total. The lowest BCUT2D eigenvalue weighted by Crippen LogP contribution is -2.28. The summed E-state index contributed by atoms with van der Waals surface area (Å²) in [5.74, 6) is -0.497. The van der Waals surface area contributed by atoms with E-state index in [0.717, 1.165) is 29.3 Å². The van der Waals surface area contributed by atoms with Crippen molar-refractivity contribution >= 4 is 38.0 Å². The summed E-state index contributed by atoms with van der Waals surface area (Å²) < 4.78 is 64.2. The highest BCUT2D eigenvalue weighted by molar-refractivity contribution is 7.91. The lowest BCUT2D eigenvalue weighted by molar-refractivity contribution is -0.137. The van der Waals surface area contributed by atoms with Crippen LogP contribution in [0.4, 0.5) is 18.9 Å². The number of hydrogen-bond donors (Lipinski definition) is 1. The van der Waals surface area contributed by atoms with Crippen LogP contribution >= 0.6 is 11.6 Å². The summed E-state index contributed by atoms with van der Waals surface area (Å²) in [5.41, 5.74) is 0.814. The van der Waals surface area contributed by atoms with Gasteiger partial charge in [-0.25, -0.2) is 18.1 Å². The van der Waals surface area contributed by atoms with Crippen LogP contribution in [0, 0.1) is 0 Å². The Hall–Kier alpha value is -2.66. The number of alkyl halides is 4. The summed E-state index contributed by atoms with van der Waals surface area (Å²) in [4.78, 5) is 20.1. The molecule has 0 spiro atoms. The molecule has 0 bridgehead atoms. The highest BCUT2D eigenvalue weighted by Crippen LogP contribution is 2.30. The second-order valence-corrected chi connectivity index (χ2v) is 8.10. The van der Waals surface area contributed by atoms with Crippen molar-refractivity contribution in [2.24, 2.45) is 0 Å². The Balaban J connectivity index is 2.10. The average molecular weight is 433 g/mol. The maximum Gasteiger partial charge on any atom is 0.416 e. The van der Waals surface area contributed by atoms with Gasteiger partial charge in [-0.15, -0.1) is 11.6 Å². The van der Waals surface area contributed by atoms with E-state index in [-0.39, 0.29) is 33.1 Å². The Morgan fingerprint density at radius 3 is 2.64 bits per heavy atom. The van der Waals surface area contributed by atoms with Crippen molar-refractivity contribution in [3.63, 3.8) is 0 Å². The molecule has 1 aromatic carbocycles. The zero-order valence-electron chi connectivity index (χ0n) is 13.9. The summed E-state index contributed by atoms with van der Waals surface area (Å²) in [5, 5.41) is -0.274. The third kappa shape index (κ3) is 3.94. The van der Waals surface area contributed by atoms with Gasteiger partial charge in [-0.3, -0.25) is 15.2 Å². The Bertz CT molecular complexity index is 1200. The van der Waals surface area contributed by atoms with E-state index in [4.69, 9.17) is 11.6 Å². The number of nitrogens with zero attached hydrogens (tertiary/aromatic N) is 3. The van der Waals surface area contributed by atoms with E-state index in [1.165, 1.54) is 12.3 Å². The molecular formula is C16H12ClF3N4O3S. The molecule has 0 unspecified atom stereocenters. The van der Waals surface area contributed by atoms with Crippen LogP contribution in [0.1, 0.15) is 5.56 Å². The summed E-state index contributed by atoms with van der Waals surface area (Å²) in [7, 11) is -3.78. The second kappa shape index (κ2) is 7.40. The van der Waals surface area contributed by atoms with Crippen LogP contribution in [0.5, 0.6) is 0 Å². The normalized spacial score (nSPS) is 12.3. The first-order valence-corrected chi connectivity index (χ1v) is 9.90. The number of nitrogens with one attached hydrogen (secondary N) is 1. The van der Waals surface area contributed by atoms with Crippen molar-refractivity contribution in [3.05, 3.63) is 58.9 Å². The van der Waals surface area contributed by atoms with E-state index >= 15 is 0 Å². The van der Waals surface area contributed by atoms with Crippen LogP contribution in [-0.2, 0) is 16.0 Å². The number of rotatable bonds is 5. The molecule has 0 amide bonds. The van der Waals surface area contributed by atoms with Crippen molar-refractivity contribution in [2.75, 3.05) is 17.1 Å². The molecule has 3 aromatic rings. The number of sulfone groups is 1. The largest absolute Gasteiger partial charge is 0.416 e. The van der Waals surface area contributed by atoms with Crippen molar-refractivity contribution < 1.29 is 21.6 Å². The zero-order chi connectivity index (χ0) is 20.5. The third-order valence-electron chi connectivity index (χ3n) is 3.79. The summed E-state index contributed by atoms with van der Waals surface area (Å²) in [6.45, 7) is 0. The molecule has 0 aliphatic heterocycles. The number of pyridine rings is 1. The maximum atomic E-state index is 12.9. The molecule has 148 valence electrons. The molecule has 0 aliphatic rings. The fourth-order valence-electron chi connectivity index (χ4n) is 2.44. The number of halogens is 4. The molecule has 12 heteroatoms. The SMILES string of the molecule is O=c1c2cc(C(F)(F)F)ccc2ncn1Nc1ccncc1S(=O)(=O)CCCl. The van der Waals surface area contributed by atoms with Crippen molar-refractivity contribution in [2.45, 2.75) is 11.1 Å². The van der Waals surface area contributed by atoms with Crippen molar-refractivity contribution in [3.8, 4) is 0 Å². The number of anilines is 1. The maximum absolute atomic E-state index is 12.9. The molecule has 28 heavy (non-hydrogen) atoms. The van der Waals surface area contributed by atoms with E-state index in [1.54, 1.807) is 0 Å². The first-order valence-electron chi connectivity index (χ1n) is 7.72. The lowest BCUT2D eigenvalue weighted by atomic mass is 10.1. The van der Waals surface area contributed by atoms with Gasteiger partial charge >= 0.3 is 6.18 Å². The lowest BCUT2D eigenvalue weighted by Gasteiger charge is -2.14. The second-order valence-electron chi connectivity index (χ2n) is 5.64. The van der Waals surface area contributed by atoms with E-state index < -0.39 is 27.1 Å². The van der Waals surface area contributed by atoms with E-state index in [2.05, 4.69) is 15.4 Å². The minimum absolute atomic E-state index is 0.00958. The molecule has 0 saturated carbocycles.